The van der Waals surface area contributed by atoms with E-state index in [0.29, 0.717) is 12.8 Å². The zero-order chi connectivity index (χ0) is 50.0. The van der Waals surface area contributed by atoms with Gasteiger partial charge in [0.05, 0.1) is 0 Å². The number of hydrogen-bond acceptors (Lipinski definition) is 6. The molecule has 0 bridgehead atoms. The van der Waals surface area contributed by atoms with Crippen molar-refractivity contribution in [1.82, 2.24) is 0 Å². The van der Waals surface area contributed by atoms with Gasteiger partial charge >= 0.3 is 17.9 Å². The summed E-state index contributed by atoms with van der Waals surface area (Å²) < 4.78 is 16.7. The van der Waals surface area contributed by atoms with Crippen molar-refractivity contribution in [3.63, 3.8) is 0 Å². The molecular weight excluding hydrogens is 853 g/mol. The predicted octanol–water partition coefficient (Wildman–Crippen LogP) is 18.9. The van der Waals surface area contributed by atoms with Crippen LogP contribution in [0.5, 0.6) is 0 Å². The van der Waals surface area contributed by atoms with E-state index in [9.17, 15) is 14.4 Å². The number of carbonyl (C=O) groups excluding carboxylic acids is 3. The van der Waals surface area contributed by atoms with Crippen LogP contribution in [-0.2, 0) is 28.6 Å². The minimum Gasteiger partial charge on any atom is -0.462 e. The number of ether oxygens (including phenoxy) is 3. The van der Waals surface area contributed by atoms with Gasteiger partial charge in [0.15, 0.2) is 6.10 Å². The van der Waals surface area contributed by atoms with Crippen molar-refractivity contribution in [2.45, 2.75) is 245 Å². The fourth-order valence-corrected chi connectivity index (χ4v) is 7.18. The van der Waals surface area contributed by atoms with Crippen LogP contribution in [0, 0.1) is 0 Å². The molecule has 0 radical (unpaired) electrons. The van der Waals surface area contributed by atoms with Gasteiger partial charge in [-0.2, -0.15) is 0 Å². The highest BCUT2D eigenvalue weighted by Crippen LogP contribution is 2.12. The lowest BCUT2D eigenvalue weighted by atomic mass is 10.1. The van der Waals surface area contributed by atoms with Gasteiger partial charge in [0.25, 0.3) is 0 Å². The maximum atomic E-state index is 12.8. The molecule has 390 valence electrons. The van der Waals surface area contributed by atoms with Crippen LogP contribution in [0.1, 0.15) is 239 Å². The van der Waals surface area contributed by atoms with Crippen LogP contribution in [0.2, 0.25) is 0 Å². The molecule has 0 saturated heterocycles. The van der Waals surface area contributed by atoms with Crippen molar-refractivity contribution < 1.29 is 28.6 Å². The van der Waals surface area contributed by atoms with Gasteiger partial charge in [-0.05, 0) is 122 Å². The van der Waals surface area contributed by atoms with Crippen molar-refractivity contribution in [2.24, 2.45) is 0 Å². The van der Waals surface area contributed by atoms with E-state index in [1.54, 1.807) is 0 Å². The molecule has 0 aliphatic rings. The maximum absolute atomic E-state index is 12.8. The Labute approximate surface area is 424 Å². The Morgan fingerprint density at radius 1 is 0.290 bits per heavy atom. The first-order valence-corrected chi connectivity index (χ1v) is 28.0. The highest BCUT2D eigenvalue weighted by Gasteiger charge is 2.19. The molecule has 6 heteroatoms. The fraction of sp³-hybridized carbons (Fsp3) is 0.635. The number of rotatable bonds is 49. The fourth-order valence-electron chi connectivity index (χ4n) is 7.18. The molecule has 69 heavy (non-hydrogen) atoms. The van der Waals surface area contributed by atoms with E-state index in [4.69, 9.17) is 14.2 Å². The van der Waals surface area contributed by atoms with E-state index in [1.807, 2.05) is 12.2 Å². The first kappa shape index (κ1) is 64.8. The van der Waals surface area contributed by atoms with Gasteiger partial charge in [0, 0.05) is 19.3 Å². The third-order valence-electron chi connectivity index (χ3n) is 11.4. The topological polar surface area (TPSA) is 78.9 Å². The minimum atomic E-state index is -0.839. The Kier molecular flexibility index (Phi) is 53.0. The second kappa shape index (κ2) is 56.4. The number of carbonyl (C=O) groups is 3. The summed E-state index contributed by atoms with van der Waals surface area (Å²) in [6, 6.07) is 0. The van der Waals surface area contributed by atoms with E-state index in [2.05, 4.69) is 130 Å². The zero-order valence-corrected chi connectivity index (χ0v) is 44.5. The standard InChI is InChI=1S/C63H102O6/c1-4-7-10-13-16-19-22-25-28-30-31-33-36-38-41-44-47-50-53-56-62(65)68-59-60(69-63(66)57-54-51-48-45-42-39-34-27-24-21-18-15-12-9-6-3)58-67-61(64)55-52-49-46-43-40-37-35-32-29-26-23-20-17-14-11-8-5-2/h16,18-19,21,25-29,31,33-35,37-38,41,43,46-47,50,60H,4-15,17,20,22-24,30,32,36,39-40,42,44-45,48-49,51-59H2,1-3H3/b19-16-,21-18-,28-25-,29-26-,33-31-,34-27-,37-35-,41-38-,46-43-,50-47-/t60-/m0/s1. The monoisotopic (exact) mass is 955 g/mol. The molecule has 0 rings (SSSR count). The van der Waals surface area contributed by atoms with Crippen LogP contribution < -0.4 is 0 Å². The summed E-state index contributed by atoms with van der Waals surface area (Å²) >= 11 is 0. The van der Waals surface area contributed by atoms with E-state index >= 15 is 0 Å². The van der Waals surface area contributed by atoms with Gasteiger partial charge < -0.3 is 14.2 Å². The van der Waals surface area contributed by atoms with Crippen LogP contribution in [0.25, 0.3) is 0 Å². The van der Waals surface area contributed by atoms with Gasteiger partial charge in [0.2, 0.25) is 0 Å². The first-order chi connectivity index (χ1) is 34.0. The molecule has 0 aliphatic heterocycles. The summed E-state index contributed by atoms with van der Waals surface area (Å²) in [5, 5.41) is 0. The van der Waals surface area contributed by atoms with E-state index in [-0.39, 0.29) is 50.4 Å². The van der Waals surface area contributed by atoms with Crippen molar-refractivity contribution in [3.8, 4) is 0 Å². The van der Waals surface area contributed by atoms with Gasteiger partial charge in [-0.25, -0.2) is 0 Å². The smallest absolute Gasteiger partial charge is 0.306 e. The Hall–Kier alpha value is -4.19. The number of esters is 3. The normalized spacial score (nSPS) is 13.0. The number of unbranched alkanes of at least 4 members (excludes halogenated alkanes) is 18. The van der Waals surface area contributed by atoms with E-state index in [1.165, 1.54) is 96.3 Å². The third-order valence-corrected chi connectivity index (χ3v) is 11.4. The Balaban J connectivity index is 4.61. The summed E-state index contributed by atoms with van der Waals surface area (Å²) in [5.74, 6) is -1.09. The van der Waals surface area contributed by atoms with Crippen LogP contribution in [-0.4, -0.2) is 37.2 Å². The number of allylic oxidation sites excluding steroid dienone is 20. The molecule has 0 aliphatic carbocycles. The molecule has 6 nitrogen and oxygen atoms in total. The van der Waals surface area contributed by atoms with Crippen molar-refractivity contribution in [1.29, 1.82) is 0 Å². The molecule has 1 atom stereocenters. The summed E-state index contributed by atoms with van der Waals surface area (Å²) in [7, 11) is 0. The average molecular weight is 956 g/mol. The van der Waals surface area contributed by atoms with Crippen LogP contribution in [0.15, 0.2) is 122 Å². The molecule has 0 fully saturated rings. The molecule has 0 heterocycles. The first-order valence-electron chi connectivity index (χ1n) is 28.0. The van der Waals surface area contributed by atoms with E-state index in [0.717, 1.165) is 89.9 Å². The Morgan fingerprint density at radius 2 is 0.565 bits per heavy atom. The largest absolute Gasteiger partial charge is 0.462 e. The zero-order valence-electron chi connectivity index (χ0n) is 44.5. The van der Waals surface area contributed by atoms with Crippen LogP contribution >= 0.6 is 0 Å². The quantitative estimate of drug-likeness (QED) is 0.0262. The second-order valence-corrected chi connectivity index (χ2v) is 18.1. The lowest BCUT2D eigenvalue weighted by molar-refractivity contribution is -0.166. The molecule has 0 N–H and O–H groups in total. The summed E-state index contributed by atoms with van der Waals surface area (Å²) in [6.45, 7) is 6.45. The van der Waals surface area contributed by atoms with Crippen molar-refractivity contribution in [2.75, 3.05) is 13.2 Å². The van der Waals surface area contributed by atoms with Crippen molar-refractivity contribution in [3.05, 3.63) is 122 Å². The molecule has 0 aromatic carbocycles. The van der Waals surface area contributed by atoms with Gasteiger partial charge in [-0.1, -0.05) is 219 Å². The highest BCUT2D eigenvalue weighted by molar-refractivity contribution is 5.71. The molecule has 0 amide bonds. The summed E-state index contributed by atoms with van der Waals surface area (Å²) in [5.41, 5.74) is 0. The van der Waals surface area contributed by atoms with E-state index < -0.39 is 6.10 Å². The molecule has 0 saturated carbocycles. The van der Waals surface area contributed by atoms with Crippen LogP contribution in [0.3, 0.4) is 0 Å². The Bertz CT molecular complexity index is 1470. The average Bonchev–Trinajstić information content (AvgIpc) is 3.35. The predicted molar refractivity (Wildman–Crippen MR) is 297 cm³/mol. The summed E-state index contributed by atoms with van der Waals surface area (Å²) in [4.78, 5) is 38.1. The van der Waals surface area contributed by atoms with Crippen molar-refractivity contribution >= 4 is 17.9 Å². The molecule has 0 unspecified atom stereocenters. The van der Waals surface area contributed by atoms with Gasteiger partial charge in [-0.3, -0.25) is 14.4 Å². The van der Waals surface area contributed by atoms with Crippen LogP contribution in [0.4, 0.5) is 0 Å². The lowest BCUT2D eigenvalue weighted by Crippen LogP contribution is -2.30. The van der Waals surface area contributed by atoms with Gasteiger partial charge in [0.1, 0.15) is 13.2 Å². The molecule has 0 aromatic rings. The molecule has 0 spiro atoms. The Morgan fingerprint density at radius 3 is 0.971 bits per heavy atom. The third kappa shape index (κ3) is 54.6. The lowest BCUT2D eigenvalue weighted by Gasteiger charge is -2.18. The highest BCUT2D eigenvalue weighted by atomic mass is 16.6. The second-order valence-electron chi connectivity index (χ2n) is 18.1. The summed E-state index contributed by atoms with van der Waals surface area (Å²) in [6.07, 6.45) is 77.7. The number of hydrogen-bond donors (Lipinski definition) is 0. The van der Waals surface area contributed by atoms with Gasteiger partial charge in [-0.15, -0.1) is 0 Å². The SMILES string of the molecule is CCCCC/C=C\C/C=C\C/C=C\C/C=C\C/C=C\CCC(=O)OC[C@H](COC(=O)CCC/C=C\C/C=C\C/C=C\CCCCCCCC)OC(=O)CCCCCCC/C=C\C/C=C\CCCCC. The maximum Gasteiger partial charge on any atom is 0.306 e. The molecular formula is C63H102O6. The molecule has 0 aromatic heterocycles. The minimum absolute atomic E-state index is 0.136.